The van der Waals surface area contributed by atoms with Crippen molar-refractivity contribution in [2.24, 2.45) is 0 Å². The minimum absolute atomic E-state index is 0. The van der Waals surface area contributed by atoms with Gasteiger partial charge in [0.1, 0.15) is 0 Å². The fraction of sp³-hybridized carbons (Fsp3) is 0.500. The molecule has 8 heteroatoms. The molecule has 0 aliphatic carbocycles. The summed E-state index contributed by atoms with van der Waals surface area (Å²) >= 11 is 0. The predicted octanol–water partition coefficient (Wildman–Crippen LogP) is -4.56. The Morgan fingerprint density at radius 3 is 0.714 bits per heavy atom. The molecule has 0 amide bonds. The monoisotopic (exact) mass is 336 g/mol. The quantitative estimate of drug-likeness (QED) is 0.434. The van der Waals surface area contributed by atoms with Gasteiger partial charge in [-0.3, -0.25) is 0 Å². The first-order valence-corrected chi connectivity index (χ1v) is 2.72. The number of carbonyl (C=O) groups excluding carboxylic acids is 3. The maximum atomic E-state index is 8.89. The first kappa shape index (κ1) is 29.2. The summed E-state index contributed by atoms with van der Waals surface area (Å²) in [6.45, 7) is 2.92. The minimum atomic E-state index is -1.08. The Morgan fingerprint density at radius 1 is 0.714 bits per heavy atom. The summed E-state index contributed by atoms with van der Waals surface area (Å²) in [5, 5.41) is 26.7. The van der Waals surface area contributed by atoms with Gasteiger partial charge in [0, 0.05) is 17.9 Å². The Kier molecular flexibility index (Phi) is 47.9. The van der Waals surface area contributed by atoms with E-state index in [1.165, 1.54) is 0 Å². The SMILES string of the molecule is CC(=O)[O-].CC(=O)[O-].CC(=O)[O-].O.[141Pr+3]. The zero-order chi connectivity index (χ0) is 10.7. The number of carbonyl (C=O) groups is 3. The molecule has 0 bridgehead atoms. The summed E-state index contributed by atoms with van der Waals surface area (Å²) in [4.78, 5) is 26.7. The molecule has 0 saturated heterocycles. The van der Waals surface area contributed by atoms with Gasteiger partial charge in [-0.15, -0.1) is 0 Å². The van der Waals surface area contributed by atoms with Gasteiger partial charge in [0.2, 0.25) is 0 Å². The van der Waals surface area contributed by atoms with E-state index >= 15 is 0 Å². The van der Waals surface area contributed by atoms with Crippen LogP contribution in [0.25, 0.3) is 0 Å². The van der Waals surface area contributed by atoms with Crippen molar-refractivity contribution in [3.05, 3.63) is 0 Å². The van der Waals surface area contributed by atoms with Crippen molar-refractivity contribution in [3.8, 4) is 0 Å². The maximum Gasteiger partial charge on any atom is 3.00 e. The fourth-order valence-corrected chi connectivity index (χ4v) is 0. The van der Waals surface area contributed by atoms with Crippen molar-refractivity contribution in [2.75, 3.05) is 0 Å². The van der Waals surface area contributed by atoms with Crippen molar-refractivity contribution in [1.82, 2.24) is 0 Å². The van der Waals surface area contributed by atoms with Gasteiger partial charge in [0.05, 0.1) is 0 Å². The summed E-state index contributed by atoms with van der Waals surface area (Å²) in [5.74, 6) is -3.25. The number of aliphatic carboxylic acids is 3. The number of carboxylic acids is 3. The molecule has 0 radical (unpaired) electrons. The van der Waals surface area contributed by atoms with Crippen LogP contribution in [-0.2, 0) is 14.4 Å². The van der Waals surface area contributed by atoms with Crippen molar-refractivity contribution in [1.29, 1.82) is 0 Å². The van der Waals surface area contributed by atoms with E-state index in [2.05, 4.69) is 0 Å². The summed E-state index contributed by atoms with van der Waals surface area (Å²) in [6.07, 6.45) is 0. The van der Waals surface area contributed by atoms with Crippen LogP contribution < -0.4 is 15.3 Å². The van der Waals surface area contributed by atoms with Crippen LogP contribution in [0.5, 0.6) is 0 Å². The number of hydrogen-bond acceptors (Lipinski definition) is 6. The molecule has 0 heterocycles. The summed E-state index contributed by atoms with van der Waals surface area (Å²) in [5.41, 5.74) is 0. The Balaban J connectivity index is -0.0000000270. The van der Waals surface area contributed by atoms with Gasteiger partial charge in [-0.1, -0.05) is 0 Å². The van der Waals surface area contributed by atoms with Crippen LogP contribution in [0.3, 0.4) is 0 Å². The molecule has 0 spiro atoms. The van der Waals surface area contributed by atoms with Crippen LogP contribution in [-0.4, -0.2) is 23.4 Å². The van der Waals surface area contributed by atoms with Crippen LogP contribution in [0.4, 0.5) is 0 Å². The first-order valence-electron chi connectivity index (χ1n) is 2.72. The molecule has 2 N–H and O–H groups in total. The first-order chi connectivity index (χ1) is 5.20. The second-order valence-electron chi connectivity index (χ2n) is 1.47. The summed E-state index contributed by atoms with van der Waals surface area (Å²) in [6, 6.07) is 0. The third-order valence-electron chi connectivity index (χ3n) is 0. The molecule has 14 heavy (non-hydrogen) atoms. The van der Waals surface area contributed by atoms with Gasteiger partial charge in [-0.2, -0.15) is 0 Å². The maximum absolute atomic E-state index is 8.89. The van der Waals surface area contributed by atoms with Crippen LogP contribution in [0.1, 0.15) is 20.8 Å². The van der Waals surface area contributed by atoms with Gasteiger partial charge in [0.25, 0.3) is 0 Å². The topological polar surface area (TPSA) is 152 Å². The molecule has 0 fully saturated rings. The molecule has 0 unspecified atom stereocenters. The zero-order valence-corrected chi connectivity index (χ0v) is 11.7. The Labute approximate surface area is 114 Å². The van der Waals surface area contributed by atoms with Gasteiger partial charge >= 0.3 is 41.3 Å². The largest absolute Gasteiger partial charge is 3.00 e. The summed E-state index contributed by atoms with van der Waals surface area (Å²) < 4.78 is 0. The molecule has 0 atom stereocenters. The van der Waals surface area contributed by atoms with Crippen LogP contribution in [0, 0.1) is 41.3 Å². The smallest absolute Gasteiger partial charge is 0.550 e. The Hall–Kier alpha value is -0.266. The van der Waals surface area contributed by atoms with E-state index in [-0.39, 0.29) is 46.8 Å². The number of hydrogen-bond donors (Lipinski definition) is 0. The molecular formula is C6H11O7Pr. The normalized spacial score (nSPS) is 5.36. The molecule has 7 nitrogen and oxygen atoms in total. The van der Waals surface area contributed by atoms with Gasteiger partial charge in [-0.05, 0) is 20.8 Å². The Bertz CT molecular complexity index is 116. The molecule has 0 aromatic rings. The van der Waals surface area contributed by atoms with Crippen molar-refractivity contribution >= 4 is 17.9 Å². The van der Waals surface area contributed by atoms with Gasteiger partial charge in [-0.25, -0.2) is 0 Å². The summed E-state index contributed by atoms with van der Waals surface area (Å²) in [7, 11) is 0. The predicted molar refractivity (Wildman–Crippen MR) is 35.7 cm³/mol. The molecular weight excluding hydrogens is 325 g/mol. The van der Waals surface area contributed by atoms with Crippen molar-refractivity contribution in [3.63, 3.8) is 0 Å². The molecule has 0 rings (SSSR count). The minimum Gasteiger partial charge on any atom is -0.550 e. The van der Waals surface area contributed by atoms with E-state index in [0.717, 1.165) is 20.8 Å². The van der Waals surface area contributed by atoms with Crippen molar-refractivity contribution < 1.29 is 76.5 Å². The molecule has 0 saturated carbocycles. The average Bonchev–Trinajstić information content (AvgIpc) is 1.54. The van der Waals surface area contributed by atoms with E-state index < -0.39 is 17.9 Å². The van der Waals surface area contributed by atoms with E-state index in [1.54, 1.807) is 0 Å². The third-order valence-corrected chi connectivity index (χ3v) is 0. The van der Waals surface area contributed by atoms with Crippen LogP contribution in [0.2, 0.25) is 0 Å². The fourth-order valence-electron chi connectivity index (χ4n) is 0. The number of carboxylic acid groups (broad SMARTS) is 3. The van der Waals surface area contributed by atoms with E-state index in [9.17, 15) is 0 Å². The molecule has 0 aromatic carbocycles. The number of rotatable bonds is 0. The Morgan fingerprint density at radius 2 is 0.714 bits per heavy atom. The van der Waals surface area contributed by atoms with E-state index in [1.807, 2.05) is 0 Å². The van der Waals surface area contributed by atoms with Crippen LogP contribution >= 0.6 is 0 Å². The van der Waals surface area contributed by atoms with Crippen molar-refractivity contribution in [2.45, 2.75) is 20.8 Å². The average molecular weight is 336 g/mol. The van der Waals surface area contributed by atoms with Gasteiger partial charge < -0.3 is 35.2 Å². The molecule has 0 aliphatic heterocycles. The molecule has 0 aromatic heterocycles. The zero-order valence-electron chi connectivity index (χ0n) is 8.03. The van der Waals surface area contributed by atoms with E-state index in [4.69, 9.17) is 29.7 Å². The molecule has 80 valence electrons. The second kappa shape index (κ2) is 23.0. The van der Waals surface area contributed by atoms with Gasteiger partial charge in [0.15, 0.2) is 0 Å². The third kappa shape index (κ3) is 19100. The van der Waals surface area contributed by atoms with E-state index in [0.29, 0.717) is 0 Å². The second-order valence-corrected chi connectivity index (χ2v) is 1.47. The van der Waals surface area contributed by atoms with Crippen LogP contribution in [0.15, 0.2) is 0 Å². The molecule has 0 aliphatic rings. The standard InChI is InChI=1S/3C2H4O2.H2O.Pr/c3*1-2(3)4;;/h3*1H3,(H,3,4);1H2;/q;;;;+3/p-3/i;;;;1+0.